The van der Waals surface area contributed by atoms with Gasteiger partial charge in [-0.25, -0.2) is 0 Å². The minimum Gasteiger partial charge on any atom is -0.508 e. The van der Waals surface area contributed by atoms with Gasteiger partial charge in [-0.05, 0) is 97.2 Å². The monoisotopic (exact) mass is 557 g/mol. The van der Waals surface area contributed by atoms with Gasteiger partial charge in [-0.3, -0.25) is 4.98 Å². The molecule has 0 radical (unpaired) electrons. The number of rotatable bonds is 5. The van der Waals surface area contributed by atoms with Crippen LogP contribution in [0.15, 0.2) is 85.2 Å². The van der Waals surface area contributed by atoms with E-state index < -0.39 is 0 Å². The topological polar surface area (TPSA) is 56.6 Å². The predicted molar refractivity (Wildman–Crippen MR) is 162 cm³/mol. The molecule has 4 atom stereocenters. The highest BCUT2D eigenvalue weighted by atomic mass is 35.5. The summed E-state index contributed by atoms with van der Waals surface area (Å²) in [4.78, 5) is 9.24. The number of aromatic hydroxyl groups is 1. The average molecular weight is 558 g/mol. The maximum Gasteiger partial charge on any atom is 0.174 e. The molecule has 4 aromatic rings. The average Bonchev–Trinajstić information content (AvgIpc) is 3.53. The number of hydrogen-bond donors (Lipinski definition) is 2. The second-order valence-corrected chi connectivity index (χ2v) is 11.6. The first-order valence-corrected chi connectivity index (χ1v) is 14.2. The molecule has 2 N–H and O–H groups in total. The van der Waals surface area contributed by atoms with Crippen LogP contribution in [-0.2, 0) is 0 Å². The number of phenolic OH excluding ortho intramolecular Hbond substituents is 1. The molecule has 6 nitrogen and oxygen atoms in total. The molecule has 0 saturated carbocycles. The van der Waals surface area contributed by atoms with Crippen molar-refractivity contribution in [2.24, 2.45) is 11.8 Å². The van der Waals surface area contributed by atoms with Crippen LogP contribution in [0.4, 0.5) is 11.4 Å². The highest BCUT2D eigenvalue weighted by Gasteiger charge is 2.42. The van der Waals surface area contributed by atoms with Crippen molar-refractivity contribution in [2.75, 3.05) is 22.9 Å². The largest absolute Gasteiger partial charge is 0.508 e. The number of piperidine rings is 1. The van der Waals surface area contributed by atoms with E-state index in [-0.39, 0.29) is 17.8 Å². The Balaban J connectivity index is 1.42. The Hall–Kier alpha value is -3.55. The van der Waals surface area contributed by atoms with E-state index in [1.165, 1.54) is 6.42 Å². The number of benzene rings is 2. The predicted octanol–water partition coefficient (Wildman–Crippen LogP) is 6.89. The summed E-state index contributed by atoms with van der Waals surface area (Å²) >= 11 is 12.9. The number of nitrogens with zero attached hydrogens (tertiary/aromatic N) is 4. The van der Waals surface area contributed by atoms with Gasteiger partial charge in [-0.2, -0.15) is 0 Å². The van der Waals surface area contributed by atoms with Crippen molar-refractivity contribution < 1.29 is 5.11 Å². The Morgan fingerprint density at radius 3 is 2.38 bits per heavy atom. The highest BCUT2D eigenvalue weighted by Crippen LogP contribution is 2.44. The first-order valence-electron chi connectivity index (χ1n) is 13.4. The van der Waals surface area contributed by atoms with Crippen molar-refractivity contribution >= 4 is 40.3 Å². The second-order valence-electron chi connectivity index (χ2n) is 10.8. The summed E-state index contributed by atoms with van der Waals surface area (Å²) in [5.41, 5.74) is 4.91. The molecular formula is C31H32ClN5OS. The van der Waals surface area contributed by atoms with Crippen molar-refractivity contribution in [3.05, 3.63) is 102 Å². The molecule has 2 fully saturated rings. The minimum absolute atomic E-state index is 0.174. The molecule has 0 amide bonds. The van der Waals surface area contributed by atoms with Crippen molar-refractivity contribution in [1.82, 2.24) is 14.9 Å². The summed E-state index contributed by atoms with van der Waals surface area (Å²) < 4.78 is 2.13. The van der Waals surface area contributed by atoms with Crippen LogP contribution in [0.5, 0.6) is 5.75 Å². The number of pyridine rings is 1. The Kier molecular flexibility index (Phi) is 6.95. The third-order valence-corrected chi connectivity index (χ3v) is 8.35. The van der Waals surface area contributed by atoms with Gasteiger partial charge >= 0.3 is 0 Å². The quantitative estimate of drug-likeness (QED) is 0.261. The fraction of sp³-hybridized carbons (Fsp3) is 0.290. The van der Waals surface area contributed by atoms with E-state index in [0.717, 1.165) is 46.6 Å². The first kappa shape index (κ1) is 25.7. The molecule has 2 aromatic heterocycles. The number of phenols is 1. The molecule has 2 aromatic carbocycles. The van der Waals surface area contributed by atoms with Crippen molar-refractivity contribution in [3.63, 3.8) is 0 Å². The van der Waals surface area contributed by atoms with Gasteiger partial charge in [0.05, 0.1) is 22.4 Å². The zero-order valence-electron chi connectivity index (χ0n) is 22.0. The van der Waals surface area contributed by atoms with Crippen LogP contribution in [0.25, 0.3) is 5.69 Å². The lowest BCUT2D eigenvalue weighted by atomic mass is 9.91. The third kappa shape index (κ3) is 4.97. The summed E-state index contributed by atoms with van der Waals surface area (Å²) in [6, 6.07) is 23.2. The highest BCUT2D eigenvalue weighted by molar-refractivity contribution is 7.80. The van der Waals surface area contributed by atoms with Crippen molar-refractivity contribution in [1.29, 1.82) is 0 Å². The van der Waals surface area contributed by atoms with Gasteiger partial charge in [-0.1, -0.05) is 31.5 Å². The van der Waals surface area contributed by atoms with E-state index in [1.807, 2.05) is 54.9 Å². The number of hydrogen-bond acceptors (Lipinski definition) is 4. The zero-order valence-corrected chi connectivity index (χ0v) is 23.6. The van der Waals surface area contributed by atoms with E-state index in [1.54, 1.807) is 12.1 Å². The Bertz CT molecular complexity index is 1460. The minimum atomic E-state index is -0.187. The lowest BCUT2D eigenvalue weighted by molar-refractivity contribution is 0.357. The summed E-state index contributed by atoms with van der Waals surface area (Å²) in [6.45, 7) is 6.64. The van der Waals surface area contributed by atoms with Gasteiger partial charge in [-0.15, -0.1) is 0 Å². The molecule has 2 saturated heterocycles. The lowest BCUT2D eigenvalue weighted by Gasteiger charge is -2.37. The summed E-state index contributed by atoms with van der Waals surface area (Å²) in [7, 11) is 0. The molecule has 0 spiro atoms. The van der Waals surface area contributed by atoms with Gasteiger partial charge in [0.2, 0.25) is 0 Å². The van der Waals surface area contributed by atoms with Gasteiger partial charge in [0.25, 0.3) is 0 Å². The van der Waals surface area contributed by atoms with Crippen LogP contribution in [0, 0.1) is 11.8 Å². The van der Waals surface area contributed by atoms with E-state index in [0.29, 0.717) is 16.9 Å². The van der Waals surface area contributed by atoms with Crippen LogP contribution in [0.1, 0.15) is 43.7 Å². The fourth-order valence-electron chi connectivity index (χ4n) is 6.18. The summed E-state index contributed by atoms with van der Waals surface area (Å²) in [6.07, 6.45) is 5.09. The van der Waals surface area contributed by atoms with E-state index in [9.17, 15) is 5.11 Å². The van der Waals surface area contributed by atoms with Crippen LogP contribution in [-0.4, -0.2) is 32.9 Å². The van der Waals surface area contributed by atoms with Crippen LogP contribution in [0.2, 0.25) is 5.02 Å². The van der Waals surface area contributed by atoms with E-state index >= 15 is 0 Å². The van der Waals surface area contributed by atoms with Gasteiger partial charge in [0.15, 0.2) is 5.11 Å². The molecule has 0 bridgehead atoms. The summed E-state index contributed by atoms with van der Waals surface area (Å²) in [5, 5.41) is 14.7. The molecule has 0 unspecified atom stereocenters. The Morgan fingerprint density at radius 1 is 0.949 bits per heavy atom. The van der Waals surface area contributed by atoms with Gasteiger partial charge < -0.3 is 24.8 Å². The van der Waals surface area contributed by atoms with Crippen LogP contribution in [0.3, 0.4) is 0 Å². The molecule has 2 aliphatic heterocycles. The fourth-order valence-corrected chi connectivity index (χ4v) is 6.82. The standard InChI is InChI=1S/C31H32ClN5OS/c1-20-16-21(2)19-35(18-20)27-13-10-23(17-25(27)32)37-30(29(34-31(37)39)26-6-3-4-14-33-26)28-7-5-15-36(28)22-8-11-24(38)12-9-22/h3-15,17,20-21,29-30,38H,16,18-19H2,1-2H3,(H,34,39)/t20-,21+,29-,30+/m0/s1. The molecule has 4 heterocycles. The summed E-state index contributed by atoms with van der Waals surface area (Å²) in [5.74, 6) is 1.50. The van der Waals surface area contributed by atoms with E-state index in [4.69, 9.17) is 23.8 Å². The van der Waals surface area contributed by atoms with Gasteiger partial charge in [0.1, 0.15) is 11.8 Å². The normalized spacial score (nSPS) is 23.2. The zero-order chi connectivity index (χ0) is 27.1. The number of anilines is 2. The molecule has 39 heavy (non-hydrogen) atoms. The number of aromatic nitrogens is 2. The Labute approximate surface area is 239 Å². The smallest absolute Gasteiger partial charge is 0.174 e. The Morgan fingerprint density at radius 2 is 1.69 bits per heavy atom. The maximum absolute atomic E-state index is 9.85. The van der Waals surface area contributed by atoms with Crippen molar-refractivity contribution in [3.8, 4) is 11.4 Å². The first-order chi connectivity index (χ1) is 18.9. The number of nitrogens with one attached hydrogen (secondary N) is 1. The SMILES string of the molecule is C[C@@H]1C[C@H](C)CN(c2ccc(N3C(=S)N[C@@H](c4ccccn4)[C@H]3c3cccn3-c3ccc(O)cc3)cc2Cl)C1. The molecule has 0 aliphatic carbocycles. The third-order valence-electron chi connectivity index (χ3n) is 7.73. The maximum atomic E-state index is 9.85. The molecule has 8 heteroatoms. The molecular weight excluding hydrogens is 526 g/mol. The molecule has 2 aliphatic rings. The molecule has 6 rings (SSSR count). The van der Waals surface area contributed by atoms with E-state index in [2.05, 4.69) is 56.7 Å². The number of thiocarbonyl (C=S) groups is 1. The van der Waals surface area contributed by atoms with Crippen LogP contribution < -0.4 is 15.1 Å². The molecule has 200 valence electrons. The second kappa shape index (κ2) is 10.5. The van der Waals surface area contributed by atoms with Crippen LogP contribution >= 0.6 is 23.8 Å². The van der Waals surface area contributed by atoms with Gasteiger partial charge in [0, 0.05) is 42.6 Å². The number of halogens is 1. The van der Waals surface area contributed by atoms with Crippen molar-refractivity contribution in [2.45, 2.75) is 32.4 Å². The lowest BCUT2D eigenvalue weighted by Crippen LogP contribution is -2.38.